The summed E-state index contributed by atoms with van der Waals surface area (Å²) in [4.78, 5) is 11.1. The SMILES string of the molecule is CC(=O)c1ccc2ccccc2c1.COc1ccc2ccccc2c1. The van der Waals surface area contributed by atoms with Crippen LogP contribution in [-0.2, 0) is 0 Å². The molecule has 0 aromatic heterocycles. The molecule has 0 N–H and O–H groups in total. The van der Waals surface area contributed by atoms with E-state index in [0.29, 0.717) is 0 Å². The number of Topliss-reactive ketones (excluding diaryl/α,β-unsaturated/α-hetero) is 1. The molecule has 4 aromatic carbocycles. The smallest absolute Gasteiger partial charge is 0.159 e. The molecule has 0 bridgehead atoms. The number of hydrogen-bond acceptors (Lipinski definition) is 2. The van der Waals surface area contributed by atoms with E-state index in [1.807, 2.05) is 66.7 Å². The second kappa shape index (κ2) is 7.63. The fraction of sp³-hybridized carbons (Fsp3) is 0.0870. The summed E-state index contributed by atoms with van der Waals surface area (Å²) >= 11 is 0. The van der Waals surface area contributed by atoms with E-state index in [2.05, 4.69) is 18.2 Å². The van der Waals surface area contributed by atoms with E-state index in [4.69, 9.17) is 4.74 Å². The van der Waals surface area contributed by atoms with Gasteiger partial charge < -0.3 is 4.74 Å². The van der Waals surface area contributed by atoms with Crippen molar-refractivity contribution in [2.75, 3.05) is 7.11 Å². The fourth-order valence-corrected chi connectivity index (χ4v) is 2.70. The molecule has 0 radical (unpaired) electrons. The summed E-state index contributed by atoms with van der Waals surface area (Å²) in [6, 6.07) is 28.1. The first-order valence-electron chi connectivity index (χ1n) is 8.20. The minimum Gasteiger partial charge on any atom is -0.497 e. The average molecular weight is 328 g/mol. The van der Waals surface area contributed by atoms with E-state index in [9.17, 15) is 4.79 Å². The maximum atomic E-state index is 11.1. The largest absolute Gasteiger partial charge is 0.497 e. The highest BCUT2D eigenvalue weighted by atomic mass is 16.5. The quantitative estimate of drug-likeness (QED) is 0.429. The van der Waals surface area contributed by atoms with Crippen LogP contribution < -0.4 is 4.74 Å². The number of carbonyl (C=O) groups excluding carboxylic acids is 1. The third-order valence-corrected chi connectivity index (χ3v) is 4.11. The fourth-order valence-electron chi connectivity index (χ4n) is 2.70. The summed E-state index contributed by atoms with van der Waals surface area (Å²) in [5.41, 5.74) is 0.777. The third-order valence-electron chi connectivity index (χ3n) is 4.11. The lowest BCUT2D eigenvalue weighted by molar-refractivity contribution is 0.101. The number of fused-ring (bicyclic) bond motifs is 2. The Bertz CT molecular complexity index is 1020. The van der Waals surface area contributed by atoms with Crippen LogP contribution >= 0.6 is 0 Å². The van der Waals surface area contributed by atoms with Crippen LogP contribution in [0.3, 0.4) is 0 Å². The van der Waals surface area contributed by atoms with E-state index < -0.39 is 0 Å². The summed E-state index contributed by atoms with van der Waals surface area (Å²) in [6.07, 6.45) is 0. The number of carbonyl (C=O) groups is 1. The van der Waals surface area contributed by atoms with Gasteiger partial charge in [0.15, 0.2) is 5.78 Å². The Morgan fingerprint density at radius 3 is 1.76 bits per heavy atom. The highest BCUT2D eigenvalue weighted by Gasteiger charge is 1.99. The Labute approximate surface area is 147 Å². The van der Waals surface area contributed by atoms with Crippen LogP contribution in [0.2, 0.25) is 0 Å². The maximum Gasteiger partial charge on any atom is 0.159 e. The first-order valence-corrected chi connectivity index (χ1v) is 8.20. The van der Waals surface area contributed by atoms with Crippen LogP contribution in [0.5, 0.6) is 5.75 Å². The van der Waals surface area contributed by atoms with Gasteiger partial charge in [0.1, 0.15) is 5.75 Å². The molecule has 0 aliphatic rings. The lowest BCUT2D eigenvalue weighted by Gasteiger charge is -2.00. The van der Waals surface area contributed by atoms with Gasteiger partial charge in [0, 0.05) is 5.56 Å². The molecule has 0 unspecified atom stereocenters. The summed E-state index contributed by atoms with van der Waals surface area (Å²) in [6.45, 7) is 1.59. The van der Waals surface area contributed by atoms with E-state index in [0.717, 1.165) is 16.7 Å². The number of benzene rings is 4. The standard InChI is InChI=1S/C12H10O.C11H10O/c1-9(13)11-7-6-10-4-2-3-5-12(10)8-11;1-12-11-7-6-9-4-2-3-5-10(9)8-11/h2-8H,1H3;2-8H,1H3. The maximum absolute atomic E-state index is 11.1. The summed E-state index contributed by atoms with van der Waals surface area (Å²) in [5.74, 6) is 1.03. The van der Waals surface area contributed by atoms with Gasteiger partial charge >= 0.3 is 0 Å². The number of ketones is 1. The van der Waals surface area contributed by atoms with Crippen molar-refractivity contribution in [3.63, 3.8) is 0 Å². The predicted molar refractivity (Wildman–Crippen MR) is 104 cm³/mol. The van der Waals surface area contributed by atoms with Crippen molar-refractivity contribution in [2.45, 2.75) is 6.92 Å². The minimum atomic E-state index is 0.116. The molecule has 0 fully saturated rings. The monoisotopic (exact) mass is 328 g/mol. The van der Waals surface area contributed by atoms with Gasteiger partial charge in [0.25, 0.3) is 0 Å². The zero-order valence-electron chi connectivity index (χ0n) is 14.4. The molecule has 25 heavy (non-hydrogen) atoms. The number of methoxy groups -OCH3 is 1. The second-order valence-corrected chi connectivity index (χ2v) is 5.83. The lowest BCUT2D eigenvalue weighted by atomic mass is 10.1. The Morgan fingerprint density at radius 2 is 1.20 bits per heavy atom. The predicted octanol–water partition coefficient (Wildman–Crippen LogP) is 5.89. The Hall–Kier alpha value is -3.13. The van der Waals surface area contributed by atoms with Crippen molar-refractivity contribution < 1.29 is 9.53 Å². The molecule has 2 nitrogen and oxygen atoms in total. The normalized spacial score (nSPS) is 10.2. The molecule has 4 rings (SSSR count). The Balaban J connectivity index is 0.000000146. The molecule has 4 aromatic rings. The number of ether oxygens (including phenoxy) is 1. The zero-order chi connectivity index (χ0) is 17.6. The van der Waals surface area contributed by atoms with Crippen molar-refractivity contribution in [3.8, 4) is 5.75 Å². The van der Waals surface area contributed by atoms with Crippen LogP contribution in [0, 0.1) is 0 Å². The highest BCUT2D eigenvalue weighted by Crippen LogP contribution is 2.19. The van der Waals surface area contributed by atoms with Crippen LogP contribution in [0.1, 0.15) is 17.3 Å². The van der Waals surface area contributed by atoms with Gasteiger partial charge in [-0.2, -0.15) is 0 Å². The Kier molecular flexibility index (Phi) is 5.10. The molecule has 0 saturated heterocycles. The minimum absolute atomic E-state index is 0.116. The second-order valence-electron chi connectivity index (χ2n) is 5.83. The topological polar surface area (TPSA) is 26.3 Å². The molecular formula is C23H20O2. The average Bonchev–Trinajstić information content (AvgIpc) is 2.67. The number of hydrogen-bond donors (Lipinski definition) is 0. The molecule has 0 spiro atoms. The van der Waals surface area contributed by atoms with E-state index in [1.165, 1.54) is 16.2 Å². The van der Waals surface area contributed by atoms with Crippen molar-refractivity contribution in [3.05, 3.63) is 90.5 Å². The van der Waals surface area contributed by atoms with Crippen LogP contribution in [0.4, 0.5) is 0 Å². The van der Waals surface area contributed by atoms with Gasteiger partial charge in [-0.25, -0.2) is 0 Å². The lowest BCUT2D eigenvalue weighted by Crippen LogP contribution is -1.90. The first-order chi connectivity index (χ1) is 12.2. The van der Waals surface area contributed by atoms with E-state index >= 15 is 0 Å². The van der Waals surface area contributed by atoms with Crippen molar-refractivity contribution in [1.29, 1.82) is 0 Å². The van der Waals surface area contributed by atoms with Gasteiger partial charge in [0.05, 0.1) is 7.11 Å². The van der Waals surface area contributed by atoms with Crippen molar-refractivity contribution in [1.82, 2.24) is 0 Å². The molecular weight excluding hydrogens is 308 g/mol. The van der Waals surface area contributed by atoms with Gasteiger partial charge in [-0.3, -0.25) is 4.79 Å². The molecule has 0 aliphatic carbocycles. The van der Waals surface area contributed by atoms with Gasteiger partial charge in [0.2, 0.25) is 0 Å². The summed E-state index contributed by atoms with van der Waals surface area (Å²) in [7, 11) is 1.68. The molecule has 2 heteroatoms. The van der Waals surface area contributed by atoms with E-state index in [-0.39, 0.29) is 5.78 Å². The van der Waals surface area contributed by atoms with Gasteiger partial charge in [-0.1, -0.05) is 66.7 Å². The highest BCUT2D eigenvalue weighted by molar-refractivity contribution is 5.98. The summed E-state index contributed by atoms with van der Waals surface area (Å²) < 4.78 is 5.12. The van der Waals surface area contributed by atoms with Crippen molar-refractivity contribution in [2.24, 2.45) is 0 Å². The van der Waals surface area contributed by atoms with Crippen LogP contribution in [0.25, 0.3) is 21.5 Å². The Morgan fingerprint density at radius 1 is 0.680 bits per heavy atom. The molecule has 0 saturated carbocycles. The van der Waals surface area contributed by atoms with Crippen LogP contribution in [-0.4, -0.2) is 12.9 Å². The van der Waals surface area contributed by atoms with Gasteiger partial charge in [-0.05, 0) is 46.7 Å². The summed E-state index contributed by atoms with van der Waals surface area (Å²) in [5, 5.41) is 4.76. The zero-order valence-corrected chi connectivity index (χ0v) is 14.4. The van der Waals surface area contributed by atoms with Gasteiger partial charge in [-0.15, -0.1) is 0 Å². The number of rotatable bonds is 2. The molecule has 124 valence electrons. The van der Waals surface area contributed by atoms with E-state index in [1.54, 1.807) is 14.0 Å². The van der Waals surface area contributed by atoms with Crippen molar-refractivity contribution >= 4 is 27.3 Å². The first kappa shape index (κ1) is 16.7. The molecule has 0 atom stereocenters. The molecule has 0 aliphatic heterocycles. The van der Waals surface area contributed by atoms with Crippen LogP contribution in [0.15, 0.2) is 84.9 Å². The third kappa shape index (κ3) is 4.04. The molecule has 0 heterocycles. The molecule has 0 amide bonds.